The van der Waals surface area contributed by atoms with E-state index in [-0.39, 0.29) is 12.5 Å². The molecule has 8 nitrogen and oxygen atoms in total. The number of amides is 1. The smallest absolute Gasteiger partial charge is 0.311 e. The molecule has 0 spiro atoms. The highest BCUT2D eigenvalue weighted by molar-refractivity contribution is 5.95. The van der Waals surface area contributed by atoms with Crippen molar-refractivity contribution in [1.29, 1.82) is 0 Å². The summed E-state index contributed by atoms with van der Waals surface area (Å²) in [6.45, 7) is 0.0150. The molecular weight excluding hydrogens is 348 g/mol. The van der Waals surface area contributed by atoms with E-state index in [2.05, 4.69) is 15.8 Å². The molecule has 0 aliphatic rings. The van der Waals surface area contributed by atoms with E-state index in [4.69, 9.17) is 0 Å². The molecule has 27 heavy (non-hydrogen) atoms. The Hall–Kier alpha value is -3.94. The number of anilines is 1. The highest BCUT2D eigenvalue weighted by atomic mass is 16.6. The number of aromatic hydroxyl groups is 1. The van der Waals surface area contributed by atoms with Crippen molar-refractivity contribution in [3.63, 3.8) is 0 Å². The quantitative estimate of drug-likeness (QED) is 0.353. The van der Waals surface area contributed by atoms with Crippen LogP contribution in [0, 0.1) is 10.1 Å². The van der Waals surface area contributed by atoms with Crippen molar-refractivity contribution < 1.29 is 14.8 Å². The molecule has 3 N–H and O–H groups in total. The monoisotopic (exact) mass is 364 g/mol. The Morgan fingerprint density at radius 1 is 1.15 bits per heavy atom. The van der Waals surface area contributed by atoms with Gasteiger partial charge in [0.25, 0.3) is 5.91 Å². The van der Waals surface area contributed by atoms with E-state index in [0.717, 1.165) is 16.5 Å². The van der Waals surface area contributed by atoms with E-state index in [1.165, 1.54) is 24.4 Å². The number of nitrogens with zero attached hydrogens (tertiary/aromatic N) is 2. The number of carbonyl (C=O) groups is 1. The van der Waals surface area contributed by atoms with Gasteiger partial charge in [-0.3, -0.25) is 14.9 Å². The second-order valence-corrected chi connectivity index (χ2v) is 5.68. The minimum absolute atomic E-state index is 0.0150. The summed E-state index contributed by atoms with van der Waals surface area (Å²) in [5, 5.41) is 29.1. The second-order valence-electron chi connectivity index (χ2n) is 5.68. The molecule has 0 aromatic heterocycles. The van der Waals surface area contributed by atoms with Gasteiger partial charge >= 0.3 is 5.69 Å². The van der Waals surface area contributed by atoms with Crippen LogP contribution in [0.15, 0.2) is 65.8 Å². The molecule has 3 rings (SSSR count). The number of hydrogen-bond donors (Lipinski definition) is 3. The summed E-state index contributed by atoms with van der Waals surface area (Å²) < 4.78 is 0. The van der Waals surface area contributed by atoms with Crippen LogP contribution in [-0.2, 0) is 4.79 Å². The number of hydrogen-bond acceptors (Lipinski definition) is 6. The highest BCUT2D eigenvalue weighted by Gasteiger charge is 2.12. The zero-order chi connectivity index (χ0) is 19.2. The largest absolute Gasteiger partial charge is 0.502 e. The molecule has 0 unspecified atom stereocenters. The van der Waals surface area contributed by atoms with Crippen molar-refractivity contribution in [2.75, 3.05) is 11.9 Å². The van der Waals surface area contributed by atoms with Gasteiger partial charge in [0, 0.05) is 22.7 Å². The first-order chi connectivity index (χ1) is 13.0. The molecule has 0 fully saturated rings. The molecule has 136 valence electrons. The lowest BCUT2D eigenvalue weighted by molar-refractivity contribution is -0.385. The molecule has 0 saturated carbocycles. The lowest BCUT2D eigenvalue weighted by Gasteiger charge is -2.08. The summed E-state index contributed by atoms with van der Waals surface area (Å²) in [5.74, 6) is -0.798. The Kier molecular flexibility index (Phi) is 5.27. The predicted molar refractivity (Wildman–Crippen MR) is 103 cm³/mol. The summed E-state index contributed by atoms with van der Waals surface area (Å²) in [6.07, 6.45) is 1.27. The van der Waals surface area contributed by atoms with E-state index in [9.17, 15) is 20.0 Å². The van der Waals surface area contributed by atoms with Crippen LogP contribution in [0.25, 0.3) is 10.8 Å². The van der Waals surface area contributed by atoms with Gasteiger partial charge in [-0.25, -0.2) is 5.43 Å². The number of fused-ring (bicyclic) bond motifs is 1. The van der Waals surface area contributed by atoms with Crippen molar-refractivity contribution in [2.24, 2.45) is 5.10 Å². The molecule has 0 atom stereocenters. The Morgan fingerprint density at radius 3 is 2.74 bits per heavy atom. The number of rotatable bonds is 6. The van der Waals surface area contributed by atoms with Gasteiger partial charge < -0.3 is 10.4 Å². The second kappa shape index (κ2) is 7.96. The fourth-order valence-corrected chi connectivity index (χ4v) is 2.54. The lowest BCUT2D eigenvalue weighted by Crippen LogP contribution is -2.25. The maximum atomic E-state index is 11.9. The van der Waals surface area contributed by atoms with E-state index in [1.807, 2.05) is 42.5 Å². The van der Waals surface area contributed by atoms with E-state index in [1.54, 1.807) is 0 Å². The Morgan fingerprint density at radius 2 is 1.93 bits per heavy atom. The molecule has 0 aliphatic carbocycles. The first-order valence-electron chi connectivity index (χ1n) is 8.05. The van der Waals surface area contributed by atoms with Gasteiger partial charge in [-0.05, 0) is 23.6 Å². The maximum absolute atomic E-state index is 11.9. The minimum Gasteiger partial charge on any atom is -0.502 e. The fraction of sp³-hybridized carbons (Fsp3) is 0.0526. The summed E-state index contributed by atoms with van der Waals surface area (Å²) >= 11 is 0. The van der Waals surface area contributed by atoms with Gasteiger partial charge in [-0.15, -0.1) is 0 Å². The van der Waals surface area contributed by atoms with Crippen molar-refractivity contribution >= 4 is 34.3 Å². The number of carbonyl (C=O) groups excluding carboxylic acids is 1. The Bertz CT molecular complexity index is 1030. The van der Waals surface area contributed by atoms with Crippen LogP contribution in [0.5, 0.6) is 5.75 Å². The number of nitro benzene ring substituents is 1. The zero-order valence-electron chi connectivity index (χ0n) is 14.1. The maximum Gasteiger partial charge on any atom is 0.311 e. The number of nitrogens with one attached hydrogen (secondary N) is 2. The summed E-state index contributed by atoms with van der Waals surface area (Å²) in [7, 11) is 0. The predicted octanol–water partition coefficient (Wildman–Crippen LogP) is 3.02. The number of phenolic OH excluding ortho intramolecular Hbond substituents is 1. The molecular formula is C19H16N4O4. The SMILES string of the molecule is O=C(CNc1cccc2ccccc12)N/N=C\c1ccc(O)c([N+](=O)[O-])c1. The van der Waals surface area contributed by atoms with E-state index < -0.39 is 16.4 Å². The van der Waals surface area contributed by atoms with Crippen molar-refractivity contribution in [3.8, 4) is 5.75 Å². The Balaban J connectivity index is 1.59. The third-order valence-corrected chi connectivity index (χ3v) is 3.83. The number of benzene rings is 3. The number of nitro groups is 1. The van der Waals surface area contributed by atoms with Gasteiger partial charge in [0.05, 0.1) is 17.7 Å². The van der Waals surface area contributed by atoms with Gasteiger partial charge in [0.15, 0.2) is 5.75 Å². The average Bonchev–Trinajstić information content (AvgIpc) is 2.67. The van der Waals surface area contributed by atoms with Crippen molar-refractivity contribution in [3.05, 3.63) is 76.3 Å². The van der Waals surface area contributed by atoms with Gasteiger partial charge in [-0.1, -0.05) is 36.4 Å². The van der Waals surface area contributed by atoms with Crippen LogP contribution in [0.4, 0.5) is 11.4 Å². The molecule has 0 radical (unpaired) electrons. The van der Waals surface area contributed by atoms with Gasteiger partial charge in [-0.2, -0.15) is 5.10 Å². The molecule has 3 aromatic rings. The fourth-order valence-electron chi connectivity index (χ4n) is 2.54. The number of hydrazone groups is 1. The topological polar surface area (TPSA) is 117 Å². The zero-order valence-corrected chi connectivity index (χ0v) is 14.1. The van der Waals surface area contributed by atoms with Crippen LogP contribution in [-0.4, -0.2) is 28.7 Å². The molecule has 8 heteroatoms. The highest BCUT2D eigenvalue weighted by Crippen LogP contribution is 2.25. The molecule has 1 amide bonds. The van der Waals surface area contributed by atoms with Gasteiger partial charge in [0.1, 0.15) is 0 Å². The average molecular weight is 364 g/mol. The van der Waals surface area contributed by atoms with Crippen LogP contribution in [0.3, 0.4) is 0 Å². The summed E-state index contributed by atoms with van der Waals surface area (Å²) in [6, 6.07) is 17.4. The van der Waals surface area contributed by atoms with Crippen molar-refractivity contribution in [2.45, 2.75) is 0 Å². The number of phenols is 1. The van der Waals surface area contributed by atoms with Crippen LogP contribution in [0.1, 0.15) is 5.56 Å². The molecule has 0 aliphatic heterocycles. The van der Waals surface area contributed by atoms with Crippen LogP contribution < -0.4 is 10.7 Å². The van der Waals surface area contributed by atoms with Crippen LogP contribution in [0.2, 0.25) is 0 Å². The summed E-state index contributed by atoms with van der Waals surface area (Å²) in [5.41, 5.74) is 3.13. The summed E-state index contributed by atoms with van der Waals surface area (Å²) in [4.78, 5) is 22.0. The van der Waals surface area contributed by atoms with Crippen LogP contribution >= 0.6 is 0 Å². The minimum atomic E-state index is -0.695. The molecule has 3 aromatic carbocycles. The molecule has 0 heterocycles. The van der Waals surface area contributed by atoms with Gasteiger partial charge in [0.2, 0.25) is 0 Å². The third kappa shape index (κ3) is 4.37. The first-order valence-corrected chi connectivity index (χ1v) is 8.05. The normalized spacial score (nSPS) is 10.8. The lowest BCUT2D eigenvalue weighted by atomic mass is 10.1. The van der Waals surface area contributed by atoms with Crippen molar-refractivity contribution in [1.82, 2.24) is 5.43 Å². The first kappa shape index (κ1) is 17.9. The Labute approximate surface area is 154 Å². The van der Waals surface area contributed by atoms with E-state index in [0.29, 0.717) is 5.56 Å². The molecule has 0 saturated heterocycles. The standard InChI is InChI=1S/C19H16N4O4/c24-18-9-8-13(10-17(18)23(26)27)11-21-22-19(25)12-20-16-7-3-5-14-4-1-2-6-15(14)16/h1-11,20,24H,12H2,(H,22,25)/b21-11-. The third-order valence-electron chi connectivity index (χ3n) is 3.83. The molecule has 0 bridgehead atoms. The van der Waals surface area contributed by atoms with E-state index >= 15 is 0 Å².